The van der Waals surface area contributed by atoms with Crippen molar-refractivity contribution in [3.63, 3.8) is 0 Å². The van der Waals surface area contributed by atoms with Gasteiger partial charge in [-0.15, -0.1) is 0 Å². The molecule has 0 radical (unpaired) electrons. The van der Waals surface area contributed by atoms with Crippen LogP contribution in [0.4, 0.5) is 5.69 Å². The van der Waals surface area contributed by atoms with E-state index in [0.29, 0.717) is 0 Å². The zero-order chi connectivity index (χ0) is 13.9. The number of pyridine rings is 1. The Morgan fingerprint density at radius 1 is 0.850 bits per heavy atom. The Bertz CT molecular complexity index is 715. The molecule has 3 aromatic rings. The Labute approximate surface area is 119 Å². The quantitative estimate of drug-likeness (QED) is 0.658. The predicted molar refractivity (Wildman–Crippen MR) is 84.0 cm³/mol. The molecule has 0 saturated heterocycles. The summed E-state index contributed by atoms with van der Waals surface area (Å²) in [6.45, 7) is 0.901. The van der Waals surface area contributed by atoms with Crippen molar-refractivity contribution in [2.24, 2.45) is 0 Å². The minimum atomic E-state index is 0.901. The van der Waals surface area contributed by atoms with Crippen LogP contribution in [0.2, 0.25) is 0 Å². The van der Waals surface area contributed by atoms with E-state index in [-0.39, 0.29) is 0 Å². The van der Waals surface area contributed by atoms with E-state index in [4.69, 9.17) is 0 Å². The molecule has 0 aliphatic rings. The molecule has 2 nitrogen and oxygen atoms in total. The second-order valence-electron chi connectivity index (χ2n) is 5.30. The van der Waals surface area contributed by atoms with Crippen molar-refractivity contribution in [1.82, 2.24) is 0 Å². The lowest BCUT2D eigenvalue weighted by Crippen LogP contribution is -2.33. The van der Waals surface area contributed by atoms with Crippen LogP contribution in [0, 0.1) is 0 Å². The van der Waals surface area contributed by atoms with Crippen LogP contribution in [0.1, 0.15) is 5.56 Å². The summed E-state index contributed by atoms with van der Waals surface area (Å²) in [4.78, 5) is 2.11. The molecular weight excluding hydrogens is 244 g/mol. The second kappa shape index (κ2) is 5.33. The lowest BCUT2D eigenvalue weighted by Gasteiger charge is -2.10. The van der Waals surface area contributed by atoms with Gasteiger partial charge in [-0.2, -0.15) is 0 Å². The zero-order valence-electron chi connectivity index (χ0n) is 12.0. The van der Waals surface area contributed by atoms with Gasteiger partial charge in [-0.1, -0.05) is 36.4 Å². The van der Waals surface area contributed by atoms with Crippen molar-refractivity contribution in [3.05, 3.63) is 72.6 Å². The van der Waals surface area contributed by atoms with E-state index in [2.05, 4.69) is 90.6 Å². The van der Waals surface area contributed by atoms with Crippen LogP contribution < -0.4 is 9.47 Å². The molecule has 0 spiro atoms. The van der Waals surface area contributed by atoms with Crippen molar-refractivity contribution in [3.8, 4) is 0 Å². The normalized spacial score (nSPS) is 10.7. The van der Waals surface area contributed by atoms with Gasteiger partial charge < -0.3 is 4.90 Å². The van der Waals surface area contributed by atoms with E-state index < -0.39 is 0 Å². The zero-order valence-corrected chi connectivity index (χ0v) is 12.0. The first-order valence-electron chi connectivity index (χ1n) is 6.86. The van der Waals surface area contributed by atoms with Gasteiger partial charge in [0.15, 0.2) is 18.9 Å². The third-order valence-corrected chi connectivity index (χ3v) is 3.57. The van der Waals surface area contributed by atoms with Crippen molar-refractivity contribution < 1.29 is 4.57 Å². The summed E-state index contributed by atoms with van der Waals surface area (Å²) in [5.41, 5.74) is 2.55. The van der Waals surface area contributed by atoms with Gasteiger partial charge in [0, 0.05) is 37.5 Å². The molecule has 0 fully saturated rings. The highest BCUT2D eigenvalue weighted by Crippen LogP contribution is 2.15. The molecule has 0 saturated carbocycles. The molecule has 0 aliphatic heterocycles. The molecule has 3 rings (SSSR count). The first-order chi connectivity index (χ1) is 9.72. The molecule has 1 aromatic heterocycles. The number of aromatic nitrogens is 1. The molecule has 100 valence electrons. The SMILES string of the molecule is CN(C)c1cc[n+](Cc2ccc3ccccc3c2)cc1. The third kappa shape index (κ3) is 2.64. The first kappa shape index (κ1) is 12.7. The third-order valence-electron chi connectivity index (χ3n) is 3.57. The minimum absolute atomic E-state index is 0.901. The van der Waals surface area contributed by atoms with Crippen LogP contribution in [0.25, 0.3) is 10.8 Å². The molecule has 0 bridgehead atoms. The van der Waals surface area contributed by atoms with Gasteiger partial charge in [-0.25, -0.2) is 4.57 Å². The van der Waals surface area contributed by atoms with Crippen molar-refractivity contribution in [2.45, 2.75) is 6.54 Å². The van der Waals surface area contributed by atoms with Crippen LogP contribution >= 0.6 is 0 Å². The maximum absolute atomic E-state index is 2.27. The lowest BCUT2D eigenvalue weighted by atomic mass is 10.1. The fourth-order valence-corrected chi connectivity index (χ4v) is 2.40. The van der Waals surface area contributed by atoms with Crippen LogP contribution in [-0.4, -0.2) is 14.1 Å². The second-order valence-corrected chi connectivity index (χ2v) is 5.30. The van der Waals surface area contributed by atoms with Gasteiger partial charge in [-0.3, -0.25) is 0 Å². The summed E-state index contributed by atoms with van der Waals surface area (Å²) in [5, 5.41) is 2.60. The molecule has 20 heavy (non-hydrogen) atoms. The van der Waals surface area contributed by atoms with Crippen LogP contribution in [-0.2, 0) is 6.54 Å². The van der Waals surface area contributed by atoms with E-state index in [1.165, 1.54) is 22.0 Å². The fraction of sp³-hybridized carbons (Fsp3) is 0.167. The maximum atomic E-state index is 2.27. The van der Waals surface area contributed by atoms with Crippen molar-refractivity contribution in [1.29, 1.82) is 0 Å². The lowest BCUT2D eigenvalue weighted by molar-refractivity contribution is -0.688. The van der Waals surface area contributed by atoms with Gasteiger partial charge in [0.2, 0.25) is 0 Å². The highest BCUT2D eigenvalue weighted by Gasteiger charge is 2.04. The minimum Gasteiger partial charge on any atom is -0.377 e. The topological polar surface area (TPSA) is 7.12 Å². The fourth-order valence-electron chi connectivity index (χ4n) is 2.40. The Morgan fingerprint density at radius 2 is 1.55 bits per heavy atom. The highest BCUT2D eigenvalue weighted by atomic mass is 15.1. The van der Waals surface area contributed by atoms with E-state index >= 15 is 0 Å². The summed E-state index contributed by atoms with van der Waals surface area (Å²) >= 11 is 0. The maximum Gasteiger partial charge on any atom is 0.173 e. The van der Waals surface area contributed by atoms with Crippen LogP contribution in [0.5, 0.6) is 0 Å². The first-order valence-corrected chi connectivity index (χ1v) is 6.86. The molecule has 0 atom stereocenters. The average molecular weight is 263 g/mol. The van der Waals surface area contributed by atoms with Gasteiger partial charge in [0.1, 0.15) is 0 Å². The summed E-state index contributed by atoms with van der Waals surface area (Å²) < 4.78 is 2.21. The number of fused-ring (bicyclic) bond motifs is 1. The number of hydrogen-bond acceptors (Lipinski definition) is 1. The molecule has 1 heterocycles. The van der Waals surface area contributed by atoms with Crippen molar-refractivity contribution >= 4 is 16.5 Å². The number of rotatable bonds is 3. The molecule has 0 unspecified atom stereocenters. The van der Waals surface area contributed by atoms with E-state index in [9.17, 15) is 0 Å². The number of anilines is 1. The standard InChI is InChI=1S/C18H19N2/c1-19(2)18-9-11-20(12-10-18)14-15-7-8-16-5-3-4-6-17(16)13-15/h3-13H,14H2,1-2H3/q+1. The Balaban J connectivity index is 1.85. The largest absolute Gasteiger partial charge is 0.377 e. The van der Waals surface area contributed by atoms with Gasteiger partial charge in [0.05, 0.1) is 0 Å². The Hall–Kier alpha value is -2.35. The van der Waals surface area contributed by atoms with Gasteiger partial charge in [-0.05, 0) is 16.8 Å². The Kier molecular flexibility index (Phi) is 3.38. The number of hydrogen-bond donors (Lipinski definition) is 0. The monoisotopic (exact) mass is 263 g/mol. The average Bonchev–Trinajstić information content (AvgIpc) is 2.48. The summed E-state index contributed by atoms with van der Waals surface area (Å²) in [6.07, 6.45) is 4.26. The van der Waals surface area contributed by atoms with Gasteiger partial charge >= 0.3 is 0 Å². The summed E-state index contributed by atoms with van der Waals surface area (Å²) in [7, 11) is 4.12. The van der Waals surface area contributed by atoms with Crippen LogP contribution in [0.15, 0.2) is 67.0 Å². The molecule has 2 aromatic carbocycles. The van der Waals surface area contributed by atoms with E-state index in [1.54, 1.807) is 0 Å². The molecule has 0 amide bonds. The Morgan fingerprint density at radius 3 is 2.25 bits per heavy atom. The molecule has 2 heteroatoms. The molecule has 0 N–H and O–H groups in total. The summed E-state index contributed by atoms with van der Waals surface area (Å²) in [5.74, 6) is 0. The number of nitrogens with zero attached hydrogens (tertiary/aromatic N) is 2. The molecule has 0 aliphatic carbocycles. The summed E-state index contributed by atoms with van der Waals surface area (Å²) in [6, 6.07) is 19.4. The van der Waals surface area contributed by atoms with Gasteiger partial charge in [0.25, 0.3) is 0 Å². The van der Waals surface area contributed by atoms with E-state index in [0.717, 1.165) is 6.54 Å². The van der Waals surface area contributed by atoms with E-state index in [1.807, 2.05) is 0 Å². The van der Waals surface area contributed by atoms with Crippen LogP contribution in [0.3, 0.4) is 0 Å². The molecular formula is C18H19N2+. The predicted octanol–water partition coefficient (Wildman–Crippen LogP) is 3.24. The smallest absolute Gasteiger partial charge is 0.173 e. The van der Waals surface area contributed by atoms with Crippen molar-refractivity contribution in [2.75, 3.05) is 19.0 Å². The highest BCUT2D eigenvalue weighted by molar-refractivity contribution is 5.82. The number of benzene rings is 2.